The highest BCUT2D eigenvalue weighted by molar-refractivity contribution is 5.25. The number of ether oxygens (including phenoxy) is 2. The number of rotatable bonds is 5. The van der Waals surface area contributed by atoms with E-state index >= 15 is 0 Å². The van der Waals surface area contributed by atoms with E-state index in [1.807, 2.05) is 6.07 Å². The third-order valence-corrected chi connectivity index (χ3v) is 3.85. The molecule has 1 aromatic heterocycles. The maximum Gasteiger partial charge on any atom is 0.218 e. The van der Waals surface area contributed by atoms with Crippen molar-refractivity contribution in [1.82, 2.24) is 10.3 Å². The molecule has 0 amide bonds. The lowest BCUT2D eigenvalue weighted by atomic mass is 9.95. The molecule has 1 aliphatic rings. The molecule has 0 spiro atoms. The van der Waals surface area contributed by atoms with Gasteiger partial charge in [-0.1, -0.05) is 6.07 Å². The highest BCUT2D eigenvalue weighted by Gasteiger charge is 2.24. The molecule has 0 aromatic carbocycles. The normalized spacial score (nSPS) is 23.0. The summed E-state index contributed by atoms with van der Waals surface area (Å²) in [5, 5.41) is 3.49. The van der Waals surface area contributed by atoms with Gasteiger partial charge in [-0.25, -0.2) is 4.98 Å². The Morgan fingerprint density at radius 3 is 2.76 bits per heavy atom. The monoisotopic (exact) mass is 292 g/mol. The Hall–Kier alpha value is -1.13. The maximum absolute atomic E-state index is 6.15. The van der Waals surface area contributed by atoms with Crippen molar-refractivity contribution in [2.75, 3.05) is 7.11 Å². The van der Waals surface area contributed by atoms with E-state index in [9.17, 15) is 0 Å². The second-order valence-corrected chi connectivity index (χ2v) is 6.84. The summed E-state index contributed by atoms with van der Waals surface area (Å²) in [7, 11) is 1.78. The van der Waals surface area contributed by atoms with Crippen LogP contribution in [0.2, 0.25) is 0 Å². The van der Waals surface area contributed by atoms with Crippen LogP contribution in [0.4, 0.5) is 0 Å². The fourth-order valence-electron chi connectivity index (χ4n) is 2.61. The second-order valence-electron chi connectivity index (χ2n) is 6.84. The average Bonchev–Trinajstić information content (AvgIpc) is 2.46. The third kappa shape index (κ3) is 5.29. The summed E-state index contributed by atoms with van der Waals surface area (Å²) in [4.78, 5) is 4.42. The fraction of sp³-hybridized carbons (Fsp3) is 0.706. The van der Waals surface area contributed by atoms with E-state index in [1.165, 1.54) is 0 Å². The first-order valence-electron chi connectivity index (χ1n) is 7.86. The number of hydrogen-bond acceptors (Lipinski definition) is 4. The van der Waals surface area contributed by atoms with Crippen LogP contribution in [0.5, 0.6) is 5.88 Å². The summed E-state index contributed by atoms with van der Waals surface area (Å²) in [6.45, 7) is 7.25. The van der Waals surface area contributed by atoms with Gasteiger partial charge in [0.1, 0.15) is 6.10 Å². The van der Waals surface area contributed by atoms with Gasteiger partial charge < -0.3 is 14.8 Å². The minimum atomic E-state index is 0.0824. The van der Waals surface area contributed by atoms with Crippen LogP contribution in [0, 0.1) is 0 Å². The predicted octanol–water partition coefficient (Wildman–Crippen LogP) is 3.31. The maximum atomic E-state index is 6.15. The Morgan fingerprint density at radius 2 is 2.05 bits per heavy atom. The van der Waals surface area contributed by atoms with Crippen LogP contribution >= 0.6 is 0 Å². The van der Waals surface area contributed by atoms with E-state index in [0.29, 0.717) is 6.10 Å². The van der Waals surface area contributed by atoms with Crippen LogP contribution < -0.4 is 10.1 Å². The summed E-state index contributed by atoms with van der Waals surface area (Å²) >= 11 is 0. The lowest BCUT2D eigenvalue weighted by molar-refractivity contribution is 0.0191. The first kappa shape index (κ1) is 16.2. The van der Waals surface area contributed by atoms with Crippen LogP contribution in [0.3, 0.4) is 0 Å². The Balaban J connectivity index is 1.99. The molecule has 0 aliphatic heterocycles. The van der Waals surface area contributed by atoms with E-state index in [0.717, 1.165) is 43.7 Å². The van der Waals surface area contributed by atoms with Crippen molar-refractivity contribution in [2.45, 2.75) is 70.7 Å². The lowest BCUT2D eigenvalue weighted by Gasteiger charge is -2.29. The zero-order valence-corrected chi connectivity index (χ0v) is 13.7. The average molecular weight is 292 g/mol. The molecule has 1 aliphatic carbocycles. The van der Waals surface area contributed by atoms with E-state index in [2.05, 4.69) is 37.1 Å². The molecule has 2 rings (SSSR count). The van der Waals surface area contributed by atoms with Crippen LogP contribution in [0.25, 0.3) is 0 Å². The van der Waals surface area contributed by atoms with Crippen LogP contribution in [-0.4, -0.2) is 29.8 Å². The SMILES string of the molecule is COC1CCCC(Oc2ncccc2CNC(C)(C)C)C1. The summed E-state index contributed by atoms with van der Waals surface area (Å²) in [6, 6.07) is 4.04. The number of nitrogens with one attached hydrogen (secondary N) is 1. The molecule has 21 heavy (non-hydrogen) atoms. The molecule has 0 radical (unpaired) electrons. The summed E-state index contributed by atoms with van der Waals surface area (Å²) in [5.74, 6) is 0.760. The number of aromatic nitrogens is 1. The minimum Gasteiger partial charge on any atom is -0.474 e. The van der Waals surface area contributed by atoms with E-state index < -0.39 is 0 Å². The molecule has 2 atom stereocenters. The number of methoxy groups -OCH3 is 1. The Morgan fingerprint density at radius 1 is 1.29 bits per heavy atom. The van der Waals surface area contributed by atoms with Crippen molar-refractivity contribution in [3.05, 3.63) is 23.9 Å². The lowest BCUT2D eigenvalue weighted by Crippen LogP contribution is -2.35. The van der Waals surface area contributed by atoms with Crippen LogP contribution in [0.15, 0.2) is 18.3 Å². The molecule has 1 N–H and O–H groups in total. The zero-order valence-electron chi connectivity index (χ0n) is 13.7. The summed E-state index contributed by atoms with van der Waals surface area (Å²) < 4.78 is 11.6. The van der Waals surface area contributed by atoms with E-state index in [4.69, 9.17) is 9.47 Å². The van der Waals surface area contributed by atoms with E-state index in [1.54, 1.807) is 13.3 Å². The Labute approximate surface area is 128 Å². The molecule has 1 fully saturated rings. The molecule has 1 aromatic rings. The fourth-order valence-corrected chi connectivity index (χ4v) is 2.61. The second kappa shape index (κ2) is 7.23. The highest BCUT2D eigenvalue weighted by Crippen LogP contribution is 2.26. The van der Waals surface area contributed by atoms with Crippen molar-refractivity contribution in [2.24, 2.45) is 0 Å². The highest BCUT2D eigenvalue weighted by atomic mass is 16.5. The molecule has 0 bridgehead atoms. The smallest absolute Gasteiger partial charge is 0.218 e. The quantitative estimate of drug-likeness (QED) is 0.904. The minimum absolute atomic E-state index is 0.0824. The standard InChI is InChI=1S/C17H28N2O2/c1-17(2,3)19-12-13-7-6-10-18-16(13)21-15-9-5-8-14(11-15)20-4/h6-7,10,14-15,19H,5,8-9,11-12H2,1-4H3. The number of hydrogen-bond donors (Lipinski definition) is 1. The molecular formula is C17H28N2O2. The van der Waals surface area contributed by atoms with Gasteiger partial charge in [-0.05, 0) is 46.1 Å². The first-order valence-corrected chi connectivity index (χ1v) is 7.86. The van der Waals surface area contributed by atoms with Gasteiger partial charge in [-0.2, -0.15) is 0 Å². The zero-order chi connectivity index (χ0) is 15.3. The Bertz CT molecular complexity index is 443. The largest absolute Gasteiger partial charge is 0.474 e. The van der Waals surface area contributed by atoms with Gasteiger partial charge >= 0.3 is 0 Å². The number of pyridine rings is 1. The van der Waals surface area contributed by atoms with Gasteiger partial charge in [-0.15, -0.1) is 0 Å². The summed E-state index contributed by atoms with van der Waals surface area (Å²) in [6.07, 6.45) is 6.67. The topological polar surface area (TPSA) is 43.4 Å². The molecule has 4 heteroatoms. The van der Waals surface area contributed by atoms with Crippen LogP contribution in [-0.2, 0) is 11.3 Å². The van der Waals surface area contributed by atoms with Gasteiger partial charge in [0.05, 0.1) is 6.10 Å². The van der Waals surface area contributed by atoms with Crippen molar-refractivity contribution in [3.8, 4) is 5.88 Å². The predicted molar refractivity (Wildman–Crippen MR) is 84.5 cm³/mol. The van der Waals surface area contributed by atoms with Gasteiger partial charge in [0, 0.05) is 37.4 Å². The summed E-state index contributed by atoms with van der Waals surface area (Å²) in [5.41, 5.74) is 1.20. The molecule has 1 heterocycles. The van der Waals surface area contributed by atoms with Gasteiger partial charge in [0.25, 0.3) is 0 Å². The van der Waals surface area contributed by atoms with Gasteiger partial charge in [-0.3, -0.25) is 0 Å². The third-order valence-electron chi connectivity index (χ3n) is 3.85. The van der Waals surface area contributed by atoms with Crippen molar-refractivity contribution in [3.63, 3.8) is 0 Å². The molecule has 0 saturated heterocycles. The first-order chi connectivity index (χ1) is 9.98. The van der Waals surface area contributed by atoms with Crippen molar-refractivity contribution >= 4 is 0 Å². The molecule has 1 saturated carbocycles. The van der Waals surface area contributed by atoms with Crippen LogP contribution in [0.1, 0.15) is 52.0 Å². The number of nitrogens with zero attached hydrogens (tertiary/aromatic N) is 1. The molecular weight excluding hydrogens is 264 g/mol. The molecule has 2 unspecified atom stereocenters. The molecule has 4 nitrogen and oxygen atoms in total. The van der Waals surface area contributed by atoms with Gasteiger partial charge in [0.2, 0.25) is 5.88 Å². The van der Waals surface area contributed by atoms with Crippen molar-refractivity contribution in [1.29, 1.82) is 0 Å². The van der Waals surface area contributed by atoms with Gasteiger partial charge in [0.15, 0.2) is 0 Å². The van der Waals surface area contributed by atoms with E-state index in [-0.39, 0.29) is 11.6 Å². The molecule has 118 valence electrons. The van der Waals surface area contributed by atoms with Crippen molar-refractivity contribution < 1.29 is 9.47 Å². The Kier molecular flexibility index (Phi) is 5.59.